The van der Waals surface area contributed by atoms with Gasteiger partial charge in [-0.15, -0.1) is 0 Å². The molecule has 3 aromatic heterocycles. The van der Waals surface area contributed by atoms with Crippen molar-refractivity contribution in [1.29, 1.82) is 0 Å². The minimum atomic E-state index is -1.08. The van der Waals surface area contributed by atoms with Crippen molar-refractivity contribution in [3.05, 3.63) is 30.7 Å². The number of nitrogens with one attached hydrogen (secondary N) is 2. The van der Waals surface area contributed by atoms with E-state index in [1.807, 2.05) is 29.0 Å². The molecule has 6 rings (SSSR count). The fourth-order valence-electron chi connectivity index (χ4n) is 6.46. The summed E-state index contributed by atoms with van der Waals surface area (Å²) in [6.45, 7) is 5.21. The first kappa shape index (κ1) is 28.6. The van der Waals surface area contributed by atoms with Crippen LogP contribution in [0.15, 0.2) is 30.7 Å². The number of fused-ring (bicyclic) bond motifs is 1. The zero-order chi connectivity index (χ0) is 29.4. The van der Waals surface area contributed by atoms with Crippen LogP contribution in [0.2, 0.25) is 0 Å². The molecule has 5 heterocycles. The summed E-state index contributed by atoms with van der Waals surface area (Å²) in [5.74, 6) is 2.15. The molecule has 0 spiro atoms. The maximum Gasteiger partial charge on any atom is 0.229 e. The summed E-state index contributed by atoms with van der Waals surface area (Å²) in [5, 5.41) is 28.3. The Balaban J connectivity index is 1.28. The van der Waals surface area contributed by atoms with Crippen molar-refractivity contribution in [2.75, 3.05) is 55.4 Å². The van der Waals surface area contributed by atoms with E-state index >= 15 is 0 Å². The van der Waals surface area contributed by atoms with Gasteiger partial charge in [-0.05, 0) is 51.9 Å². The number of piperidine rings is 1. The van der Waals surface area contributed by atoms with Crippen molar-refractivity contribution >= 4 is 34.7 Å². The Bertz CT molecular complexity index is 1380. The second-order valence-corrected chi connectivity index (χ2v) is 12.0. The predicted octanol–water partition coefficient (Wildman–Crippen LogP) is 1.00. The number of aliphatic hydroxyl groups is 2. The third-order valence-corrected chi connectivity index (χ3v) is 9.07. The number of amides is 1. The van der Waals surface area contributed by atoms with Crippen LogP contribution in [-0.2, 0) is 4.79 Å². The third-order valence-electron chi connectivity index (χ3n) is 9.07. The van der Waals surface area contributed by atoms with Crippen LogP contribution < -0.4 is 20.4 Å². The van der Waals surface area contributed by atoms with Gasteiger partial charge in [-0.25, -0.2) is 9.97 Å². The summed E-state index contributed by atoms with van der Waals surface area (Å²) >= 11 is 0. The van der Waals surface area contributed by atoms with Crippen LogP contribution in [0, 0.1) is 0 Å². The van der Waals surface area contributed by atoms with Crippen molar-refractivity contribution in [2.45, 2.75) is 75.4 Å². The molecule has 3 fully saturated rings. The van der Waals surface area contributed by atoms with Gasteiger partial charge in [0.25, 0.3) is 0 Å². The topological polar surface area (TPSA) is 148 Å². The molecule has 13 heteroatoms. The van der Waals surface area contributed by atoms with Gasteiger partial charge in [-0.2, -0.15) is 9.97 Å². The second kappa shape index (κ2) is 12.0. The Morgan fingerprint density at radius 1 is 1.05 bits per heavy atom. The zero-order valence-corrected chi connectivity index (χ0v) is 24.6. The van der Waals surface area contributed by atoms with Crippen LogP contribution in [0.25, 0.3) is 11.2 Å². The number of pyridine rings is 1. The quantitative estimate of drug-likeness (QED) is 0.303. The molecule has 0 unspecified atom stereocenters. The van der Waals surface area contributed by atoms with Gasteiger partial charge in [0.05, 0.1) is 18.4 Å². The SMILES string of the molecule is CCC(=O)N[C@H]1C[C@@H](n2cnc3c(NC4CCN(c5ccccn5)CC4)nc(N4CC[C@@H](N(C)C)C4)nc32)[C@H](O)[C@@H]1O. The molecule has 3 aromatic rings. The van der Waals surface area contributed by atoms with E-state index in [2.05, 4.69) is 44.4 Å². The number of carbonyl (C=O) groups excluding carboxylic acids is 1. The molecule has 1 amide bonds. The van der Waals surface area contributed by atoms with Crippen LogP contribution in [-0.4, -0.2) is 116 Å². The molecule has 1 aliphatic carbocycles. The minimum Gasteiger partial charge on any atom is -0.388 e. The lowest BCUT2D eigenvalue weighted by atomic mass is 10.0. The van der Waals surface area contributed by atoms with E-state index in [9.17, 15) is 15.0 Å². The van der Waals surface area contributed by atoms with Gasteiger partial charge in [-0.3, -0.25) is 4.79 Å². The molecule has 13 nitrogen and oxygen atoms in total. The number of aliphatic hydroxyl groups excluding tert-OH is 2. The molecule has 4 N–H and O–H groups in total. The number of aromatic nitrogens is 5. The number of anilines is 3. The van der Waals surface area contributed by atoms with Crippen LogP contribution in [0.3, 0.4) is 0 Å². The maximum absolute atomic E-state index is 12.1. The fraction of sp³-hybridized carbons (Fsp3) is 0.621. The van der Waals surface area contributed by atoms with Gasteiger partial charge in [-0.1, -0.05) is 13.0 Å². The molecule has 2 saturated heterocycles. The highest BCUT2D eigenvalue weighted by molar-refractivity contribution is 5.85. The summed E-state index contributed by atoms with van der Waals surface area (Å²) < 4.78 is 1.85. The van der Waals surface area contributed by atoms with E-state index in [0.29, 0.717) is 41.8 Å². The van der Waals surface area contributed by atoms with Crippen LogP contribution in [0.5, 0.6) is 0 Å². The maximum atomic E-state index is 12.1. The Kier molecular flexibility index (Phi) is 8.15. The average Bonchev–Trinajstić information content (AvgIpc) is 3.73. The summed E-state index contributed by atoms with van der Waals surface area (Å²) in [6.07, 6.45) is 4.92. The summed E-state index contributed by atoms with van der Waals surface area (Å²) in [6, 6.07) is 5.59. The highest BCUT2D eigenvalue weighted by Crippen LogP contribution is 2.35. The van der Waals surface area contributed by atoms with E-state index < -0.39 is 24.3 Å². The monoisotopic (exact) mass is 578 g/mol. The first-order chi connectivity index (χ1) is 20.3. The Hall–Kier alpha value is -3.55. The number of nitrogens with zero attached hydrogens (tertiary/aromatic N) is 8. The Morgan fingerprint density at radius 2 is 1.83 bits per heavy atom. The molecule has 226 valence electrons. The predicted molar refractivity (Wildman–Crippen MR) is 161 cm³/mol. The number of hydrogen-bond acceptors (Lipinski definition) is 11. The highest BCUT2D eigenvalue weighted by Gasteiger charge is 2.44. The van der Waals surface area contributed by atoms with Crippen LogP contribution >= 0.6 is 0 Å². The van der Waals surface area contributed by atoms with Crippen molar-refractivity contribution in [1.82, 2.24) is 34.7 Å². The van der Waals surface area contributed by atoms with Gasteiger partial charge >= 0.3 is 0 Å². The lowest BCUT2D eigenvalue weighted by Crippen LogP contribution is -2.42. The molecule has 3 aliphatic rings. The smallest absolute Gasteiger partial charge is 0.229 e. The summed E-state index contributed by atoms with van der Waals surface area (Å²) in [4.78, 5) is 38.0. The first-order valence-corrected chi connectivity index (χ1v) is 15.1. The first-order valence-electron chi connectivity index (χ1n) is 15.1. The highest BCUT2D eigenvalue weighted by atomic mass is 16.3. The lowest BCUT2D eigenvalue weighted by Gasteiger charge is -2.33. The summed E-state index contributed by atoms with van der Waals surface area (Å²) in [5.41, 5.74) is 1.25. The molecular formula is C29H42N10O3. The molecule has 0 radical (unpaired) electrons. The van der Waals surface area contributed by atoms with E-state index in [-0.39, 0.29) is 11.9 Å². The van der Waals surface area contributed by atoms with Gasteiger partial charge in [0.2, 0.25) is 11.9 Å². The van der Waals surface area contributed by atoms with Crippen LogP contribution in [0.4, 0.5) is 17.6 Å². The molecule has 42 heavy (non-hydrogen) atoms. The summed E-state index contributed by atoms with van der Waals surface area (Å²) in [7, 11) is 4.19. The number of imidazole rings is 1. The van der Waals surface area contributed by atoms with E-state index in [1.54, 1.807) is 13.3 Å². The van der Waals surface area contributed by atoms with Crippen molar-refractivity contribution < 1.29 is 15.0 Å². The van der Waals surface area contributed by atoms with E-state index in [4.69, 9.17) is 15.0 Å². The van der Waals surface area contributed by atoms with Crippen LogP contribution in [0.1, 0.15) is 45.1 Å². The van der Waals surface area contributed by atoms with Crippen molar-refractivity contribution in [2.24, 2.45) is 0 Å². The van der Waals surface area contributed by atoms with Crippen molar-refractivity contribution in [3.63, 3.8) is 0 Å². The van der Waals surface area contributed by atoms with E-state index in [0.717, 1.165) is 51.3 Å². The van der Waals surface area contributed by atoms with Crippen molar-refractivity contribution in [3.8, 4) is 0 Å². The number of likely N-dealkylation sites (N-methyl/N-ethyl adjacent to an activating group) is 1. The van der Waals surface area contributed by atoms with Gasteiger partial charge < -0.3 is 40.1 Å². The molecular weight excluding hydrogens is 536 g/mol. The zero-order valence-electron chi connectivity index (χ0n) is 24.6. The second-order valence-electron chi connectivity index (χ2n) is 12.0. The number of hydrogen-bond donors (Lipinski definition) is 4. The molecule has 2 aliphatic heterocycles. The fourth-order valence-corrected chi connectivity index (χ4v) is 6.46. The lowest BCUT2D eigenvalue weighted by molar-refractivity contribution is -0.122. The standard InChI is InChI=1S/C29H42N10O3/c1-4-23(40)33-20-15-21(26(42)25(20)41)39-17-31-24-27(32-18-8-12-37(13-9-18)22-7-5-6-11-30-22)34-29(35-28(24)39)38-14-10-19(16-38)36(2)3/h5-7,11,17-21,25-26,41-42H,4,8-10,12-16H2,1-3H3,(H,33,40)(H,32,34,35)/t19-,20+,21-,25-,26+/m1/s1. The largest absolute Gasteiger partial charge is 0.388 e. The molecule has 5 atom stereocenters. The van der Waals surface area contributed by atoms with Gasteiger partial charge in [0.1, 0.15) is 18.0 Å². The number of carbonyl (C=O) groups is 1. The van der Waals surface area contributed by atoms with Gasteiger partial charge in [0, 0.05) is 50.9 Å². The van der Waals surface area contributed by atoms with E-state index in [1.165, 1.54) is 0 Å². The average molecular weight is 579 g/mol. The minimum absolute atomic E-state index is 0.156. The molecule has 1 saturated carbocycles. The Morgan fingerprint density at radius 3 is 2.52 bits per heavy atom. The molecule has 0 bridgehead atoms. The normalized spacial score (nSPS) is 26.9. The molecule has 0 aromatic carbocycles. The van der Waals surface area contributed by atoms with Gasteiger partial charge in [0.15, 0.2) is 17.0 Å². The Labute approximate surface area is 246 Å². The number of rotatable bonds is 8. The third kappa shape index (κ3) is 5.60.